The van der Waals surface area contributed by atoms with Gasteiger partial charge in [0.2, 0.25) is 5.88 Å². The van der Waals surface area contributed by atoms with Gasteiger partial charge in [-0.2, -0.15) is 0 Å². The molecule has 1 saturated heterocycles. The summed E-state index contributed by atoms with van der Waals surface area (Å²) in [6.07, 6.45) is 3.05. The van der Waals surface area contributed by atoms with Gasteiger partial charge in [-0.25, -0.2) is 4.98 Å². The van der Waals surface area contributed by atoms with E-state index in [2.05, 4.69) is 20.4 Å². The summed E-state index contributed by atoms with van der Waals surface area (Å²) in [4.78, 5) is 20.9. The summed E-state index contributed by atoms with van der Waals surface area (Å²) in [6, 6.07) is 6.78. The second-order valence-electron chi connectivity index (χ2n) is 7.44. The molecule has 4 heterocycles. The zero-order valence-corrected chi connectivity index (χ0v) is 17.4. The molecule has 9 heteroatoms. The monoisotopic (exact) mass is 424 g/mol. The molecule has 0 aliphatic carbocycles. The molecule has 3 aromatic heterocycles. The number of nitrogens with zero attached hydrogens (tertiary/aromatic N) is 3. The molecule has 4 rings (SSSR count). The van der Waals surface area contributed by atoms with Crippen LogP contribution in [-0.4, -0.2) is 51.5 Å². The molecule has 9 nitrogen and oxygen atoms in total. The minimum atomic E-state index is -0.710. The van der Waals surface area contributed by atoms with Crippen LogP contribution in [-0.2, 0) is 11.3 Å². The minimum Gasteiger partial charge on any atom is -0.473 e. The first kappa shape index (κ1) is 21.0. The molecule has 162 valence electrons. The van der Waals surface area contributed by atoms with Crippen molar-refractivity contribution in [3.8, 4) is 17.1 Å². The van der Waals surface area contributed by atoms with Crippen LogP contribution in [0.4, 0.5) is 0 Å². The molecule has 0 aromatic carbocycles. The van der Waals surface area contributed by atoms with Gasteiger partial charge in [0.1, 0.15) is 18.1 Å². The van der Waals surface area contributed by atoms with E-state index in [1.165, 1.54) is 6.20 Å². The van der Waals surface area contributed by atoms with Gasteiger partial charge in [0, 0.05) is 36.3 Å². The summed E-state index contributed by atoms with van der Waals surface area (Å²) in [5.41, 5.74) is 3.63. The Hall–Kier alpha value is -3.30. The Balaban J connectivity index is 1.39. The first-order chi connectivity index (χ1) is 15.0. The molecule has 0 unspecified atom stereocenters. The third-order valence-corrected chi connectivity index (χ3v) is 5.18. The number of aromatic nitrogens is 3. The van der Waals surface area contributed by atoms with Gasteiger partial charge in [-0.1, -0.05) is 5.16 Å². The van der Waals surface area contributed by atoms with Crippen molar-refractivity contribution in [1.82, 2.24) is 20.4 Å². The van der Waals surface area contributed by atoms with Crippen LogP contribution in [0.5, 0.6) is 5.88 Å². The average molecular weight is 424 g/mol. The average Bonchev–Trinajstić information content (AvgIpc) is 3.15. The molecule has 1 aliphatic heterocycles. The first-order valence-electron chi connectivity index (χ1n) is 10.0. The van der Waals surface area contributed by atoms with E-state index in [1.54, 1.807) is 18.3 Å². The SMILES string of the molecule is Cc1ccc(-c2noc(C)c2COc2ccc(C(=O)N[C@@H]3CCOC[C@@H]3O)cn2)cn1. The highest BCUT2D eigenvalue weighted by Crippen LogP contribution is 2.26. The fraction of sp³-hybridized carbons (Fsp3) is 0.364. The number of hydrogen-bond acceptors (Lipinski definition) is 8. The quantitative estimate of drug-likeness (QED) is 0.618. The molecule has 1 fully saturated rings. The van der Waals surface area contributed by atoms with Crippen molar-refractivity contribution in [3.63, 3.8) is 0 Å². The largest absolute Gasteiger partial charge is 0.473 e. The van der Waals surface area contributed by atoms with Crippen LogP contribution in [0, 0.1) is 13.8 Å². The summed E-state index contributed by atoms with van der Waals surface area (Å²) in [7, 11) is 0. The van der Waals surface area contributed by atoms with Crippen LogP contribution < -0.4 is 10.1 Å². The maximum Gasteiger partial charge on any atom is 0.253 e. The maximum atomic E-state index is 12.4. The van der Waals surface area contributed by atoms with E-state index in [0.717, 1.165) is 16.8 Å². The van der Waals surface area contributed by atoms with Crippen LogP contribution in [0.2, 0.25) is 0 Å². The Morgan fingerprint density at radius 3 is 2.81 bits per heavy atom. The van der Waals surface area contributed by atoms with E-state index in [0.29, 0.717) is 35.9 Å². The third-order valence-electron chi connectivity index (χ3n) is 5.18. The van der Waals surface area contributed by atoms with Crippen molar-refractivity contribution >= 4 is 5.91 Å². The maximum absolute atomic E-state index is 12.4. The predicted octanol–water partition coefficient (Wildman–Crippen LogP) is 2.21. The molecule has 0 radical (unpaired) electrons. The predicted molar refractivity (Wildman–Crippen MR) is 110 cm³/mol. The standard InChI is InChI=1S/C22H24N4O5/c1-13-3-4-15(9-23-13)21-17(14(2)31-26-21)11-30-20-6-5-16(10-24-20)22(28)25-18-7-8-29-12-19(18)27/h3-6,9-10,18-19,27H,7-8,11-12H2,1-2H3,(H,25,28)/t18-,19+/m1/s1. The van der Waals surface area contributed by atoms with Crippen LogP contribution in [0.15, 0.2) is 41.2 Å². The van der Waals surface area contributed by atoms with Crippen molar-refractivity contribution in [2.45, 2.75) is 39.0 Å². The van der Waals surface area contributed by atoms with Gasteiger partial charge in [-0.05, 0) is 38.5 Å². The van der Waals surface area contributed by atoms with Gasteiger partial charge >= 0.3 is 0 Å². The lowest BCUT2D eigenvalue weighted by Crippen LogP contribution is -2.48. The number of amides is 1. The lowest BCUT2D eigenvalue weighted by atomic mass is 10.1. The fourth-order valence-electron chi connectivity index (χ4n) is 3.28. The zero-order chi connectivity index (χ0) is 21.8. The molecule has 1 aliphatic rings. The number of pyridine rings is 2. The lowest BCUT2D eigenvalue weighted by Gasteiger charge is -2.28. The topological polar surface area (TPSA) is 120 Å². The van der Waals surface area contributed by atoms with Gasteiger partial charge < -0.3 is 24.4 Å². The van der Waals surface area contributed by atoms with Crippen LogP contribution in [0.25, 0.3) is 11.3 Å². The second kappa shape index (κ2) is 9.23. The van der Waals surface area contributed by atoms with E-state index >= 15 is 0 Å². The first-order valence-corrected chi connectivity index (χ1v) is 10.0. The number of ether oxygens (including phenoxy) is 2. The number of rotatable bonds is 6. The molecule has 0 spiro atoms. The van der Waals surface area contributed by atoms with E-state index in [-0.39, 0.29) is 25.2 Å². The number of carbonyl (C=O) groups excluding carboxylic acids is 1. The summed E-state index contributed by atoms with van der Waals surface area (Å²) in [5, 5.41) is 16.9. The van der Waals surface area contributed by atoms with Gasteiger partial charge in [-0.3, -0.25) is 9.78 Å². The minimum absolute atomic E-state index is 0.214. The Labute approximate surface area is 179 Å². The molecule has 2 N–H and O–H groups in total. The molecular weight excluding hydrogens is 400 g/mol. The third kappa shape index (κ3) is 4.89. The number of hydrogen-bond donors (Lipinski definition) is 2. The second-order valence-corrected chi connectivity index (χ2v) is 7.44. The Morgan fingerprint density at radius 2 is 2.10 bits per heavy atom. The molecular formula is C22H24N4O5. The molecule has 2 atom stereocenters. The van der Waals surface area contributed by atoms with E-state index in [4.69, 9.17) is 14.0 Å². The zero-order valence-electron chi connectivity index (χ0n) is 17.4. The fourth-order valence-corrected chi connectivity index (χ4v) is 3.28. The Bertz CT molecular complexity index is 1030. The summed E-state index contributed by atoms with van der Waals surface area (Å²) >= 11 is 0. The number of aliphatic hydroxyl groups excluding tert-OH is 1. The molecule has 3 aromatic rings. The Morgan fingerprint density at radius 1 is 1.23 bits per heavy atom. The van der Waals surface area contributed by atoms with Gasteiger partial charge in [-0.15, -0.1) is 0 Å². The summed E-state index contributed by atoms with van der Waals surface area (Å²) in [5.74, 6) is 0.729. The number of carbonyl (C=O) groups is 1. The van der Waals surface area contributed by atoms with Gasteiger partial charge in [0.15, 0.2) is 0 Å². The summed E-state index contributed by atoms with van der Waals surface area (Å²) in [6.45, 7) is 4.69. The number of aryl methyl sites for hydroxylation is 2. The van der Waals surface area contributed by atoms with Crippen molar-refractivity contribution in [1.29, 1.82) is 0 Å². The number of nitrogens with one attached hydrogen (secondary N) is 1. The Kier molecular flexibility index (Phi) is 6.24. The van der Waals surface area contributed by atoms with E-state index in [1.807, 2.05) is 26.0 Å². The lowest BCUT2D eigenvalue weighted by molar-refractivity contribution is -0.0260. The van der Waals surface area contributed by atoms with Gasteiger partial charge in [0.05, 0.1) is 29.9 Å². The summed E-state index contributed by atoms with van der Waals surface area (Å²) < 4.78 is 16.3. The van der Waals surface area contributed by atoms with E-state index < -0.39 is 6.10 Å². The smallest absolute Gasteiger partial charge is 0.253 e. The van der Waals surface area contributed by atoms with Crippen molar-refractivity contribution in [3.05, 3.63) is 59.2 Å². The highest BCUT2D eigenvalue weighted by molar-refractivity contribution is 5.94. The molecule has 1 amide bonds. The van der Waals surface area contributed by atoms with Crippen molar-refractivity contribution in [2.24, 2.45) is 0 Å². The van der Waals surface area contributed by atoms with Crippen molar-refractivity contribution < 1.29 is 23.9 Å². The number of aliphatic hydroxyl groups is 1. The van der Waals surface area contributed by atoms with Crippen molar-refractivity contribution in [2.75, 3.05) is 13.2 Å². The molecule has 0 bridgehead atoms. The normalized spacial score (nSPS) is 18.5. The molecule has 0 saturated carbocycles. The highest BCUT2D eigenvalue weighted by atomic mass is 16.5. The highest BCUT2D eigenvalue weighted by Gasteiger charge is 2.25. The van der Waals surface area contributed by atoms with Crippen LogP contribution in [0.1, 0.15) is 33.8 Å². The van der Waals surface area contributed by atoms with Crippen LogP contribution in [0.3, 0.4) is 0 Å². The molecule has 31 heavy (non-hydrogen) atoms. The van der Waals surface area contributed by atoms with Crippen LogP contribution >= 0.6 is 0 Å². The van der Waals surface area contributed by atoms with E-state index in [9.17, 15) is 9.90 Å². The van der Waals surface area contributed by atoms with Gasteiger partial charge in [0.25, 0.3) is 5.91 Å².